The van der Waals surface area contributed by atoms with Crippen molar-refractivity contribution in [2.24, 2.45) is 0 Å². The standard InChI is InChI=1S/C22H27N3O3/c1-4-6-13-28-20-12-11-16(27-3)14-18(20)24-22(26)15-25-19-10-8-7-9-17(19)23-21(25)5-2/h7-12,14H,4-6,13,15H2,1-3H3,(H,24,26). The SMILES string of the molecule is CCCCOc1ccc(OC)cc1NC(=O)Cn1c(CC)nc2ccccc21. The number of ether oxygens (including phenoxy) is 2. The highest BCUT2D eigenvalue weighted by molar-refractivity contribution is 5.93. The number of carbonyl (C=O) groups is 1. The molecule has 1 amide bonds. The average Bonchev–Trinajstić information content (AvgIpc) is 3.06. The molecule has 1 aromatic heterocycles. The maximum Gasteiger partial charge on any atom is 0.244 e. The number of nitrogens with one attached hydrogen (secondary N) is 1. The van der Waals surface area contributed by atoms with Crippen LogP contribution in [0.5, 0.6) is 11.5 Å². The number of nitrogens with zero attached hydrogens (tertiary/aromatic N) is 2. The van der Waals surface area contributed by atoms with Crippen molar-refractivity contribution in [3.8, 4) is 11.5 Å². The van der Waals surface area contributed by atoms with Crippen LogP contribution in [0.4, 0.5) is 5.69 Å². The van der Waals surface area contributed by atoms with E-state index < -0.39 is 0 Å². The van der Waals surface area contributed by atoms with E-state index in [4.69, 9.17) is 9.47 Å². The van der Waals surface area contributed by atoms with Crippen LogP contribution in [0, 0.1) is 0 Å². The first-order chi connectivity index (χ1) is 13.7. The third kappa shape index (κ3) is 4.44. The number of methoxy groups -OCH3 is 1. The maximum absolute atomic E-state index is 12.8. The zero-order valence-electron chi connectivity index (χ0n) is 16.7. The Morgan fingerprint density at radius 1 is 1.18 bits per heavy atom. The van der Waals surface area contributed by atoms with Gasteiger partial charge in [-0.3, -0.25) is 4.79 Å². The van der Waals surface area contributed by atoms with Crippen molar-refractivity contribution >= 4 is 22.6 Å². The van der Waals surface area contributed by atoms with Gasteiger partial charge in [-0.2, -0.15) is 0 Å². The number of carbonyl (C=O) groups excluding carboxylic acids is 1. The first-order valence-corrected chi connectivity index (χ1v) is 9.71. The Hall–Kier alpha value is -3.02. The van der Waals surface area contributed by atoms with Gasteiger partial charge in [-0.25, -0.2) is 4.98 Å². The Morgan fingerprint density at radius 3 is 2.75 bits per heavy atom. The van der Waals surface area contributed by atoms with Crippen molar-refractivity contribution in [3.05, 3.63) is 48.3 Å². The van der Waals surface area contributed by atoms with Crippen LogP contribution in [0.2, 0.25) is 0 Å². The predicted molar refractivity (Wildman–Crippen MR) is 111 cm³/mol. The van der Waals surface area contributed by atoms with Crippen molar-refractivity contribution in [3.63, 3.8) is 0 Å². The van der Waals surface area contributed by atoms with E-state index in [1.807, 2.05) is 47.9 Å². The van der Waals surface area contributed by atoms with Crippen molar-refractivity contribution in [1.82, 2.24) is 9.55 Å². The van der Waals surface area contributed by atoms with Crippen molar-refractivity contribution in [2.45, 2.75) is 39.7 Å². The molecule has 3 rings (SSSR count). The van der Waals surface area contributed by atoms with Crippen molar-refractivity contribution < 1.29 is 14.3 Å². The minimum Gasteiger partial charge on any atom is -0.497 e. The molecule has 1 N–H and O–H groups in total. The van der Waals surface area contributed by atoms with Crippen LogP contribution < -0.4 is 14.8 Å². The van der Waals surface area contributed by atoms with Crippen LogP contribution in [0.25, 0.3) is 11.0 Å². The lowest BCUT2D eigenvalue weighted by atomic mass is 10.2. The number of imidazole rings is 1. The van der Waals surface area contributed by atoms with Gasteiger partial charge in [-0.05, 0) is 30.7 Å². The van der Waals surface area contributed by atoms with E-state index in [0.717, 1.165) is 36.1 Å². The molecule has 0 aliphatic rings. The Morgan fingerprint density at radius 2 is 2.00 bits per heavy atom. The van der Waals surface area contributed by atoms with Gasteiger partial charge in [0, 0.05) is 12.5 Å². The van der Waals surface area contributed by atoms with Gasteiger partial charge in [0.2, 0.25) is 5.91 Å². The molecule has 0 spiro atoms. The monoisotopic (exact) mass is 381 g/mol. The summed E-state index contributed by atoms with van der Waals surface area (Å²) in [6.45, 7) is 4.95. The highest BCUT2D eigenvalue weighted by Crippen LogP contribution is 2.29. The van der Waals surface area contributed by atoms with E-state index in [2.05, 4.69) is 17.2 Å². The predicted octanol–water partition coefficient (Wildman–Crippen LogP) is 4.42. The summed E-state index contributed by atoms with van der Waals surface area (Å²) in [6, 6.07) is 13.3. The number of aryl methyl sites for hydroxylation is 1. The van der Waals surface area contributed by atoms with Gasteiger partial charge in [0.1, 0.15) is 23.9 Å². The summed E-state index contributed by atoms with van der Waals surface area (Å²) >= 11 is 0. The molecule has 0 atom stereocenters. The Kier molecular flexibility index (Phi) is 6.53. The summed E-state index contributed by atoms with van der Waals surface area (Å²) in [4.78, 5) is 17.4. The van der Waals surface area contributed by atoms with Crippen LogP contribution in [0.15, 0.2) is 42.5 Å². The molecule has 0 saturated heterocycles. The normalized spacial score (nSPS) is 10.8. The fourth-order valence-corrected chi connectivity index (χ4v) is 3.09. The Labute approximate surface area is 165 Å². The first kappa shape index (κ1) is 19.7. The smallest absolute Gasteiger partial charge is 0.244 e. The number of fused-ring (bicyclic) bond motifs is 1. The fourth-order valence-electron chi connectivity index (χ4n) is 3.09. The summed E-state index contributed by atoms with van der Waals surface area (Å²) in [7, 11) is 1.60. The molecule has 1 heterocycles. The summed E-state index contributed by atoms with van der Waals surface area (Å²) in [5, 5.41) is 2.97. The fraction of sp³-hybridized carbons (Fsp3) is 0.364. The summed E-state index contributed by atoms with van der Waals surface area (Å²) in [5.41, 5.74) is 2.47. The molecule has 0 unspecified atom stereocenters. The Bertz CT molecular complexity index is 949. The molecule has 0 saturated carbocycles. The largest absolute Gasteiger partial charge is 0.497 e. The number of amides is 1. The van der Waals surface area contributed by atoms with Crippen LogP contribution in [0.1, 0.15) is 32.5 Å². The van der Waals surface area contributed by atoms with Gasteiger partial charge < -0.3 is 19.4 Å². The number of hydrogen-bond donors (Lipinski definition) is 1. The molecular formula is C22H27N3O3. The van der Waals surface area contributed by atoms with E-state index in [1.54, 1.807) is 13.2 Å². The number of rotatable bonds is 9. The second-order valence-corrected chi connectivity index (χ2v) is 6.57. The minimum absolute atomic E-state index is 0.133. The number of anilines is 1. The summed E-state index contributed by atoms with van der Waals surface area (Å²) in [5.74, 6) is 2.07. The topological polar surface area (TPSA) is 65.4 Å². The molecule has 6 nitrogen and oxygen atoms in total. The van der Waals surface area contributed by atoms with Gasteiger partial charge >= 0.3 is 0 Å². The van der Waals surface area contributed by atoms with E-state index >= 15 is 0 Å². The molecule has 2 aromatic carbocycles. The molecule has 0 radical (unpaired) electrons. The summed E-state index contributed by atoms with van der Waals surface area (Å²) < 4.78 is 13.1. The molecule has 6 heteroatoms. The van der Waals surface area contributed by atoms with Crippen molar-refractivity contribution in [1.29, 1.82) is 0 Å². The van der Waals surface area contributed by atoms with E-state index in [-0.39, 0.29) is 12.5 Å². The lowest BCUT2D eigenvalue weighted by Gasteiger charge is -2.15. The molecule has 0 bridgehead atoms. The molecule has 0 aliphatic heterocycles. The van der Waals surface area contributed by atoms with Crippen LogP contribution in [0.3, 0.4) is 0 Å². The molecule has 148 valence electrons. The molecule has 0 fully saturated rings. The maximum atomic E-state index is 12.8. The number of para-hydroxylation sites is 2. The lowest BCUT2D eigenvalue weighted by Crippen LogP contribution is -2.20. The van der Waals surface area contributed by atoms with Gasteiger partial charge in [-0.15, -0.1) is 0 Å². The van der Waals surface area contributed by atoms with Crippen LogP contribution in [-0.2, 0) is 17.8 Å². The quantitative estimate of drug-likeness (QED) is 0.557. The number of unbranched alkanes of at least 4 members (excludes halogenated alkanes) is 1. The average molecular weight is 381 g/mol. The van der Waals surface area contributed by atoms with Gasteiger partial charge in [0.25, 0.3) is 0 Å². The second kappa shape index (κ2) is 9.26. The zero-order valence-corrected chi connectivity index (χ0v) is 16.7. The van der Waals surface area contributed by atoms with E-state index in [1.165, 1.54) is 0 Å². The zero-order chi connectivity index (χ0) is 19.9. The highest BCUT2D eigenvalue weighted by atomic mass is 16.5. The first-order valence-electron chi connectivity index (χ1n) is 9.71. The van der Waals surface area contributed by atoms with Crippen LogP contribution in [-0.4, -0.2) is 29.2 Å². The number of hydrogen-bond acceptors (Lipinski definition) is 4. The third-order valence-corrected chi connectivity index (χ3v) is 4.57. The van der Waals surface area contributed by atoms with Crippen molar-refractivity contribution in [2.75, 3.05) is 19.0 Å². The molecule has 0 aliphatic carbocycles. The van der Waals surface area contributed by atoms with Crippen LogP contribution >= 0.6 is 0 Å². The number of benzene rings is 2. The van der Waals surface area contributed by atoms with E-state index in [9.17, 15) is 4.79 Å². The molecule has 3 aromatic rings. The third-order valence-electron chi connectivity index (χ3n) is 4.57. The molecule has 28 heavy (non-hydrogen) atoms. The van der Waals surface area contributed by atoms with Gasteiger partial charge in [0.05, 0.1) is 30.4 Å². The lowest BCUT2D eigenvalue weighted by molar-refractivity contribution is -0.116. The molecular weight excluding hydrogens is 354 g/mol. The highest BCUT2D eigenvalue weighted by Gasteiger charge is 2.14. The van der Waals surface area contributed by atoms with Gasteiger partial charge in [0.15, 0.2) is 0 Å². The van der Waals surface area contributed by atoms with Gasteiger partial charge in [-0.1, -0.05) is 32.4 Å². The number of aromatic nitrogens is 2. The summed E-state index contributed by atoms with van der Waals surface area (Å²) in [6.07, 6.45) is 2.76. The minimum atomic E-state index is -0.133. The Balaban J connectivity index is 1.81. The van der Waals surface area contributed by atoms with E-state index in [0.29, 0.717) is 23.8 Å². The second-order valence-electron chi connectivity index (χ2n) is 6.57.